The van der Waals surface area contributed by atoms with Crippen LogP contribution in [0.5, 0.6) is 0 Å². The molecule has 0 radical (unpaired) electrons. The number of nitrogens with zero attached hydrogens (tertiary/aromatic N) is 9. The fourth-order valence-electron chi connectivity index (χ4n) is 13.3. The van der Waals surface area contributed by atoms with Crippen LogP contribution in [0.3, 0.4) is 0 Å². The molecule has 1 saturated carbocycles. The summed E-state index contributed by atoms with van der Waals surface area (Å²) in [4.78, 5) is 92.9. The Kier molecular flexibility index (Phi) is 12.7. The van der Waals surface area contributed by atoms with Crippen LogP contribution in [0.15, 0.2) is 73.2 Å². The first kappa shape index (κ1) is 48.2. The van der Waals surface area contributed by atoms with Gasteiger partial charge in [0.25, 0.3) is 0 Å². The zero-order valence-electron chi connectivity index (χ0n) is 42.5. The van der Waals surface area contributed by atoms with Crippen molar-refractivity contribution in [2.45, 2.75) is 120 Å². The zero-order valence-corrected chi connectivity index (χ0v) is 42.5. The molecule has 3 aromatic heterocycles. The van der Waals surface area contributed by atoms with Gasteiger partial charge in [-0.3, -0.25) is 29.3 Å². The summed E-state index contributed by atoms with van der Waals surface area (Å²) >= 11 is 0. The van der Waals surface area contributed by atoms with E-state index in [-0.39, 0.29) is 65.2 Å². The Bertz CT molecular complexity index is 3000. The minimum absolute atomic E-state index is 0.0687. The molecular formula is C57H66FN11O5. The number of para-hydroxylation sites is 1. The standard InChI is InChI=1S/C57H66FN11O5/c1-35(2)68-34-60-47-31-46(62-52(51(47)68)61-45-9-5-4-8-44(45)58)37-10-13-43-48(28-37)69(41-29-40(30-41)64-21-6-3-7-22-64)56(74)57(43)19-26-66(27-20-57)55(73)39-18-25-67(33-39)54(72)36-16-23-65(24-17-36)49-14-11-38(32-59-49)42-12-15-50(70)63-53(42)71/h4-5,8-11,13-14,28,31-32,34-36,39-42H,3,6-7,12,15-27,29-30,33H2,1-2H3,(H,61,62)(H,63,70,71). The molecule has 2 atom stereocenters. The molecule has 7 aliphatic rings. The average molecular weight is 1000 g/mol. The normalized spacial score (nSPS) is 24.5. The molecule has 12 rings (SSSR count). The number of carbonyl (C=O) groups excluding carboxylic acids is 5. The highest BCUT2D eigenvalue weighted by molar-refractivity contribution is 6.09. The molecule has 5 aromatic rings. The van der Waals surface area contributed by atoms with Crippen molar-refractivity contribution in [1.82, 2.24) is 39.5 Å². The molecule has 2 aromatic carbocycles. The maximum atomic E-state index is 15.3. The highest BCUT2D eigenvalue weighted by atomic mass is 19.1. The number of likely N-dealkylation sites (tertiary alicyclic amines) is 3. The molecule has 2 N–H and O–H groups in total. The van der Waals surface area contributed by atoms with E-state index in [1.54, 1.807) is 30.7 Å². The van der Waals surface area contributed by atoms with Crippen molar-refractivity contribution in [2.24, 2.45) is 11.8 Å². The van der Waals surface area contributed by atoms with Gasteiger partial charge < -0.3 is 34.4 Å². The van der Waals surface area contributed by atoms with Gasteiger partial charge in [0.05, 0.1) is 40.5 Å². The molecule has 2 unspecified atom stereocenters. The van der Waals surface area contributed by atoms with Crippen LogP contribution in [0.2, 0.25) is 0 Å². The largest absolute Gasteiger partial charge is 0.357 e. The van der Waals surface area contributed by atoms with Gasteiger partial charge in [-0.1, -0.05) is 36.8 Å². The van der Waals surface area contributed by atoms with Gasteiger partial charge >= 0.3 is 0 Å². The number of pyridine rings is 2. The van der Waals surface area contributed by atoms with E-state index in [0.29, 0.717) is 107 Å². The topological polar surface area (TPSA) is 169 Å². The Morgan fingerprint density at radius 3 is 2.28 bits per heavy atom. The Hall–Kier alpha value is -6.75. The summed E-state index contributed by atoms with van der Waals surface area (Å²) in [6.45, 7) is 9.64. The van der Waals surface area contributed by atoms with Crippen LogP contribution in [-0.4, -0.2) is 128 Å². The van der Waals surface area contributed by atoms with Crippen LogP contribution in [-0.2, 0) is 29.4 Å². The van der Waals surface area contributed by atoms with Crippen LogP contribution >= 0.6 is 0 Å². The summed E-state index contributed by atoms with van der Waals surface area (Å²) in [5.41, 5.74) is 5.31. The number of anilines is 4. The van der Waals surface area contributed by atoms with Crippen molar-refractivity contribution in [3.63, 3.8) is 0 Å². The predicted molar refractivity (Wildman–Crippen MR) is 279 cm³/mol. The highest BCUT2D eigenvalue weighted by Crippen LogP contribution is 2.52. The lowest BCUT2D eigenvalue weighted by Crippen LogP contribution is -2.58. The zero-order chi connectivity index (χ0) is 50.8. The summed E-state index contributed by atoms with van der Waals surface area (Å²) in [6.07, 6.45) is 12.9. The number of fused-ring (bicyclic) bond motifs is 3. The smallest absolute Gasteiger partial charge is 0.238 e. The lowest BCUT2D eigenvalue weighted by Gasteiger charge is -2.48. The number of benzene rings is 2. The third-order valence-corrected chi connectivity index (χ3v) is 17.7. The molecule has 17 heteroatoms. The first-order valence-electron chi connectivity index (χ1n) is 27.2. The van der Waals surface area contributed by atoms with Crippen molar-refractivity contribution >= 4 is 63.6 Å². The van der Waals surface area contributed by atoms with Crippen LogP contribution in [0, 0.1) is 17.7 Å². The molecular weight excluding hydrogens is 938 g/mol. The van der Waals surface area contributed by atoms with E-state index in [9.17, 15) is 19.2 Å². The second-order valence-corrected chi connectivity index (χ2v) is 22.2. The second-order valence-electron chi connectivity index (χ2n) is 22.2. The molecule has 386 valence electrons. The number of aromatic nitrogens is 4. The van der Waals surface area contributed by atoms with E-state index in [0.717, 1.165) is 65.2 Å². The number of nitrogens with one attached hydrogen (secondary N) is 2. The monoisotopic (exact) mass is 1000 g/mol. The molecule has 5 saturated heterocycles. The maximum Gasteiger partial charge on any atom is 0.238 e. The van der Waals surface area contributed by atoms with Gasteiger partial charge in [-0.25, -0.2) is 19.3 Å². The Morgan fingerprint density at radius 2 is 1.55 bits per heavy atom. The molecule has 16 nitrogen and oxygen atoms in total. The van der Waals surface area contributed by atoms with Crippen molar-refractivity contribution < 1.29 is 28.4 Å². The molecule has 9 heterocycles. The van der Waals surface area contributed by atoms with Crippen LogP contribution < -0.4 is 20.4 Å². The molecule has 74 heavy (non-hydrogen) atoms. The van der Waals surface area contributed by atoms with E-state index >= 15 is 9.18 Å². The molecule has 1 aliphatic carbocycles. The van der Waals surface area contributed by atoms with Gasteiger partial charge in [0.15, 0.2) is 5.82 Å². The molecule has 1 spiro atoms. The van der Waals surface area contributed by atoms with E-state index in [1.807, 2.05) is 32.6 Å². The van der Waals surface area contributed by atoms with Crippen molar-refractivity contribution in [2.75, 3.05) is 67.5 Å². The highest BCUT2D eigenvalue weighted by Gasteiger charge is 2.56. The number of imide groups is 1. The number of imidazole rings is 1. The van der Waals surface area contributed by atoms with Crippen molar-refractivity contribution in [3.05, 3.63) is 90.1 Å². The van der Waals surface area contributed by atoms with Crippen molar-refractivity contribution in [1.29, 1.82) is 0 Å². The lowest BCUT2D eigenvalue weighted by molar-refractivity contribution is -0.140. The van der Waals surface area contributed by atoms with Gasteiger partial charge in [-0.2, -0.15) is 0 Å². The first-order chi connectivity index (χ1) is 35.9. The predicted octanol–water partition coefficient (Wildman–Crippen LogP) is 7.47. The maximum absolute atomic E-state index is 15.3. The number of halogens is 1. The number of carbonyl (C=O) groups is 5. The SMILES string of the molecule is CC(C)n1cnc2cc(-c3ccc4c(c3)N(C3CC(N5CCCCC5)C3)C(=O)C43CCN(C(=O)C4CCN(C(=O)C5CCN(c6ccc(C7CCC(=O)NC7=O)cn6)CC5)C4)CC3)nc(Nc3ccccc3F)c21. The minimum atomic E-state index is -0.760. The molecule has 5 amide bonds. The summed E-state index contributed by atoms with van der Waals surface area (Å²) in [7, 11) is 0. The van der Waals surface area contributed by atoms with Crippen molar-refractivity contribution in [3.8, 4) is 11.3 Å². The van der Waals surface area contributed by atoms with Gasteiger partial charge in [0.2, 0.25) is 29.5 Å². The van der Waals surface area contributed by atoms with Gasteiger partial charge in [-0.05, 0) is 133 Å². The average Bonchev–Trinajstić information content (AvgIpc) is 4.14. The summed E-state index contributed by atoms with van der Waals surface area (Å²) in [6, 6.07) is 19.3. The Balaban J connectivity index is 0.729. The molecule has 6 fully saturated rings. The third-order valence-electron chi connectivity index (χ3n) is 17.7. The van der Waals surface area contributed by atoms with E-state index in [4.69, 9.17) is 9.97 Å². The fraction of sp³-hybridized carbons (Fsp3) is 0.509. The summed E-state index contributed by atoms with van der Waals surface area (Å²) in [5, 5.41) is 5.70. The van der Waals surface area contributed by atoms with Crippen LogP contribution in [0.1, 0.15) is 114 Å². The van der Waals surface area contributed by atoms with Crippen LogP contribution in [0.25, 0.3) is 22.3 Å². The van der Waals surface area contributed by atoms with Gasteiger partial charge in [0.1, 0.15) is 17.2 Å². The molecule has 6 aliphatic heterocycles. The number of hydrogen-bond acceptors (Lipinski definition) is 11. The number of piperidine rings is 4. The quantitative estimate of drug-likeness (QED) is 0.133. The summed E-state index contributed by atoms with van der Waals surface area (Å²) < 4.78 is 17.1. The second kappa shape index (κ2) is 19.5. The van der Waals surface area contributed by atoms with Crippen LogP contribution in [0.4, 0.5) is 27.4 Å². The minimum Gasteiger partial charge on any atom is -0.357 e. The van der Waals surface area contributed by atoms with Gasteiger partial charge in [-0.15, -0.1) is 0 Å². The summed E-state index contributed by atoms with van der Waals surface area (Å²) in [5.74, 6) is -0.0659. The molecule has 0 bridgehead atoms. The number of hydrogen-bond donors (Lipinski definition) is 2. The first-order valence-corrected chi connectivity index (χ1v) is 27.2. The number of rotatable bonds is 10. The van der Waals surface area contributed by atoms with Gasteiger partial charge in [0, 0.05) is 87.2 Å². The van der Waals surface area contributed by atoms with E-state index in [1.165, 1.54) is 25.3 Å². The van der Waals surface area contributed by atoms with E-state index in [2.05, 4.69) is 62.4 Å². The fourth-order valence-corrected chi connectivity index (χ4v) is 13.3. The Morgan fingerprint density at radius 1 is 0.797 bits per heavy atom. The lowest BCUT2D eigenvalue weighted by atomic mass is 9.73. The Labute approximate surface area is 431 Å². The third kappa shape index (κ3) is 8.67. The number of amides is 5. The van der Waals surface area contributed by atoms with E-state index < -0.39 is 5.41 Å².